The molecule has 0 saturated carbocycles. The van der Waals surface area contributed by atoms with Gasteiger partial charge in [-0.15, -0.1) is 0 Å². The highest BCUT2D eigenvalue weighted by atomic mass is 15.0. The zero-order chi connectivity index (χ0) is 79.9. The molecule has 0 saturated heterocycles. The monoisotopic (exact) mass is 1530 g/mol. The summed E-state index contributed by atoms with van der Waals surface area (Å²) >= 11 is 0. The predicted molar refractivity (Wildman–Crippen MR) is 489 cm³/mol. The Morgan fingerprint density at radius 2 is 0.542 bits per heavy atom. The fourth-order valence-electron chi connectivity index (χ4n) is 18.5. The standard InChI is InChI=1S/3C36H22N4/c37-21-24-19-26(23-38-22-24)25-9-8-12-28(20-25)39-33-16-7-5-14-31(33)35-34(39)18-17-30-29-13-4-6-15-32(29)40(36(30)35)27-10-2-1-3-11-27;37-22-25-23-38-20-19-28(25)24-9-8-12-27(21-24)39-33-16-7-5-14-31(33)35-34(39)18-17-30-29-13-4-6-15-32(29)40(36(30)35)26-10-2-1-3-11-26;37-22-25-19-20-38-23-31(25)24-9-8-12-27(21-24)39-33-16-7-5-14-30(33)35-34(39)18-17-29-28-13-4-6-15-32(28)40(36(29)35)26-10-2-1-3-11-26/h1-20,22-23H;2*1-21,23H. The van der Waals surface area contributed by atoms with Crippen molar-refractivity contribution in [3.8, 4) is 85.7 Å². The molecule has 0 N–H and O–H groups in total. The number of nitriles is 3. The number of rotatable bonds is 9. The van der Waals surface area contributed by atoms with E-state index in [0.29, 0.717) is 16.7 Å². The molecule has 9 heterocycles. The van der Waals surface area contributed by atoms with Gasteiger partial charge in [-0.3, -0.25) is 15.0 Å². The lowest BCUT2D eigenvalue weighted by Gasteiger charge is -2.11. The van der Waals surface area contributed by atoms with Crippen LogP contribution in [-0.4, -0.2) is 42.4 Å². The van der Waals surface area contributed by atoms with Crippen LogP contribution >= 0.6 is 0 Å². The van der Waals surface area contributed by atoms with E-state index in [1.165, 1.54) is 97.7 Å². The molecule has 0 aliphatic rings. The van der Waals surface area contributed by atoms with Gasteiger partial charge in [0.15, 0.2) is 0 Å². The first-order chi connectivity index (χ1) is 59.5. The van der Waals surface area contributed by atoms with Crippen LogP contribution in [0.3, 0.4) is 0 Å². The molecular formula is C108H66N12. The predicted octanol–water partition coefficient (Wildman–Crippen LogP) is 26.4. The third-order valence-electron chi connectivity index (χ3n) is 23.5. The third-order valence-corrected chi connectivity index (χ3v) is 23.5. The Kier molecular flexibility index (Phi) is 16.8. The Labute approximate surface area is 688 Å². The zero-order valence-corrected chi connectivity index (χ0v) is 64.5. The summed E-state index contributed by atoms with van der Waals surface area (Å²) < 4.78 is 14.2. The molecule has 12 heteroatoms. The number of para-hydroxylation sites is 9. The number of hydrogen-bond donors (Lipinski definition) is 0. The average Bonchev–Trinajstić information content (AvgIpc) is 1.56. The average molecular weight is 1530 g/mol. The molecule has 558 valence electrons. The molecule has 0 unspecified atom stereocenters. The fourth-order valence-corrected chi connectivity index (χ4v) is 18.5. The Morgan fingerprint density at radius 3 is 0.950 bits per heavy atom. The zero-order valence-electron chi connectivity index (χ0n) is 64.5. The Bertz CT molecular complexity index is 8080. The molecule has 120 heavy (non-hydrogen) atoms. The molecule has 0 bridgehead atoms. The molecule has 24 aromatic rings. The molecular weight excluding hydrogens is 1470 g/mol. The summed E-state index contributed by atoms with van der Waals surface area (Å²) in [6.45, 7) is 0. The van der Waals surface area contributed by atoms with Crippen molar-refractivity contribution in [1.82, 2.24) is 42.4 Å². The first-order valence-corrected chi connectivity index (χ1v) is 39.9. The topological polar surface area (TPSA) is 140 Å². The Hall–Kier alpha value is -17.0. The first kappa shape index (κ1) is 69.7. The summed E-state index contributed by atoms with van der Waals surface area (Å²) in [5, 5.41) is 43.5. The quantitative estimate of drug-likeness (QED) is 0.141. The van der Waals surface area contributed by atoms with Crippen LogP contribution < -0.4 is 0 Å². The second-order valence-electron chi connectivity index (χ2n) is 30.0. The lowest BCUT2D eigenvalue weighted by atomic mass is 10.0. The minimum atomic E-state index is 0.552. The van der Waals surface area contributed by atoms with Crippen LogP contribution in [0.5, 0.6) is 0 Å². The van der Waals surface area contributed by atoms with E-state index < -0.39 is 0 Å². The van der Waals surface area contributed by atoms with Crippen molar-refractivity contribution in [2.75, 3.05) is 0 Å². The van der Waals surface area contributed by atoms with Crippen molar-refractivity contribution < 1.29 is 0 Å². The van der Waals surface area contributed by atoms with Gasteiger partial charge in [0.05, 0.1) is 89.0 Å². The van der Waals surface area contributed by atoms with Crippen molar-refractivity contribution >= 4 is 131 Å². The summed E-state index contributed by atoms with van der Waals surface area (Å²) in [5.41, 5.74) is 28.0. The molecule has 15 aromatic carbocycles. The van der Waals surface area contributed by atoms with Gasteiger partial charge in [0, 0.05) is 153 Å². The van der Waals surface area contributed by atoms with Crippen LogP contribution in [0.4, 0.5) is 0 Å². The Morgan fingerprint density at radius 1 is 0.200 bits per heavy atom. The van der Waals surface area contributed by atoms with Crippen LogP contribution in [-0.2, 0) is 0 Å². The van der Waals surface area contributed by atoms with E-state index in [-0.39, 0.29) is 0 Å². The van der Waals surface area contributed by atoms with Gasteiger partial charge < -0.3 is 27.4 Å². The SMILES string of the molecule is N#Cc1ccncc1-c1cccc(-n2c3ccccc3c3c2ccc2c4ccccc4n(-c4ccccc4)c23)c1.N#Cc1cncc(-c2cccc(-n3c4ccccc4c4c3ccc3c5ccccc5n(-c5ccccc5)c34)c2)c1.N#Cc1cnccc1-c1cccc(-n2c3ccccc3c3c2ccc2c4ccccc4n(-c4ccccc4)c23)c1. The summed E-state index contributed by atoms with van der Waals surface area (Å²) in [6, 6.07) is 135. The van der Waals surface area contributed by atoms with Crippen molar-refractivity contribution in [2.24, 2.45) is 0 Å². The van der Waals surface area contributed by atoms with Crippen LogP contribution in [0.1, 0.15) is 16.7 Å². The molecule has 24 rings (SSSR count). The molecule has 0 radical (unpaired) electrons. The van der Waals surface area contributed by atoms with Gasteiger partial charge in [0.25, 0.3) is 0 Å². The minimum Gasteiger partial charge on any atom is -0.309 e. The van der Waals surface area contributed by atoms with Gasteiger partial charge >= 0.3 is 0 Å². The summed E-state index contributed by atoms with van der Waals surface area (Å²) in [4.78, 5) is 12.7. The van der Waals surface area contributed by atoms with Gasteiger partial charge in [-0.05, 0) is 162 Å². The second-order valence-corrected chi connectivity index (χ2v) is 30.0. The minimum absolute atomic E-state index is 0.552. The van der Waals surface area contributed by atoms with E-state index in [4.69, 9.17) is 0 Å². The maximum Gasteiger partial charge on any atom is 0.101 e. The van der Waals surface area contributed by atoms with Crippen molar-refractivity contribution in [2.45, 2.75) is 0 Å². The highest BCUT2D eigenvalue weighted by Gasteiger charge is 2.26. The second kappa shape index (κ2) is 28.8. The van der Waals surface area contributed by atoms with Crippen LogP contribution in [0.25, 0.3) is 198 Å². The fraction of sp³-hybridized carbons (Fsp3) is 0. The number of pyridine rings is 3. The third kappa shape index (κ3) is 11.2. The van der Waals surface area contributed by atoms with Gasteiger partial charge in [-0.1, -0.05) is 218 Å². The smallest absolute Gasteiger partial charge is 0.101 e. The van der Waals surface area contributed by atoms with Crippen LogP contribution in [0.15, 0.2) is 401 Å². The number of aromatic nitrogens is 9. The molecule has 0 aliphatic heterocycles. The lowest BCUT2D eigenvalue weighted by molar-refractivity contribution is 1.17. The van der Waals surface area contributed by atoms with E-state index in [1.807, 2.05) is 24.4 Å². The summed E-state index contributed by atoms with van der Waals surface area (Å²) in [5.74, 6) is 0. The number of benzene rings is 15. The molecule has 12 nitrogen and oxygen atoms in total. The van der Waals surface area contributed by atoms with E-state index in [1.54, 1.807) is 37.1 Å². The Balaban J connectivity index is 0.000000108. The normalized spacial score (nSPS) is 11.5. The first-order valence-electron chi connectivity index (χ1n) is 39.9. The maximum atomic E-state index is 9.71. The van der Waals surface area contributed by atoms with E-state index >= 15 is 0 Å². The lowest BCUT2D eigenvalue weighted by Crippen LogP contribution is -1.96. The van der Waals surface area contributed by atoms with Gasteiger partial charge in [-0.25, -0.2) is 0 Å². The summed E-state index contributed by atoms with van der Waals surface area (Å²) in [6.07, 6.45) is 10.2. The van der Waals surface area contributed by atoms with Gasteiger partial charge in [-0.2, -0.15) is 15.8 Å². The molecule has 0 atom stereocenters. The van der Waals surface area contributed by atoms with E-state index in [9.17, 15) is 15.8 Å². The van der Waals surface area contributed by atoms with Gasteiger partial charge in [0.2, 0.25) is 0 Å². The molecule has 0 aliphatic carbocycles. The van der Waals surface area contributed by atoms with Crippen molar-refractivity contribution in [1.29, 1.82) is 15.8 Å². The molecule has 0 fully saturated rings. The number of nitrogens with zero attached hydrogens (tertiary/aromatic N) is 12. The van der Waals surface area contributed by atoms with Crippen LogP contribution in [0.2, 0.25) is 0 Å². The van der Waals surface area contributed by atoms with Crippen molar-refractivity contribution in [3.63, 3.8) is 0 Å². The highest BCUT2D eigenvalue weighted by Crippen LogP contribution is 2.47. The van der Waals surface area contributed by atoms with Crippen molar-refractivity contribution in [3.05, 3.63) is 418 Å². The maximum absolute atomic E-state index is 9.71. The highest BCUT2D eigenvalue weighted by molar-refractivity contribution is 6.29. The molecule has 9 aromatic heterocycles. The molecule has 0 spiro atoms. The van der Waals surface area contributed by atoms with E-state index in [0.717, 1.165) is 101 Å². The number of hydrogen-bond acceptors (Lipinski definition) is 6. The molecule has 0 amide bonds. The van der Waals surface area contributed by atoms with E-state index in [2.05, 4.69) is 400 Å². The van der Waals surface area contributed by atoms with Gasteiger partial charge in [0.1, 0.15) is 12.1 Å². The number of fused-ring (bicyclic) bond motifs is 21. The van der Waals surface area contributed by atoms with Crippen LogP contribution in [0, 0.1) is 34.0 Å². The largest absolute Gasteiger partial charge is 0.309 e. The summed E-state index contributed by atoms with van der Waals surface area (Å²) in [7, 11) is 0.